The fourth-order valence-corrected chi connectivity index (χ4v) is 3.82. The fraction of sp³-hybridized carbons (Fsp3) is 0.154. The van der Waals surface area contributed by atoms with Crippen molar-refractivity contribution in [3.05, 3.63) is 90.1 Å². The van der Waals surface area contributed by atoms with Gasteiger partial charge in [-0.3, -0.25) is 15.3 Å². The Labute approximate surface area is 235 Å². The second kappa shape index (κ2) is 11.1. The van der Waals surface area contributed by atoms with Crippen LogP contribution in [0.2, 0.25) is 0 Å². The van der Waals surface area contributed by atoms with E-state index < -0.39 is 0 Å². The molecule has 0 atom stereocenters. The van der Waals surface area contributed by atoms with Crippen molar-refractivity contribution in [1.29, 1.82) is 0 Å². The molecule has 5 rings (SSSR count). The van der Waals surface area contributed by atoms with Gasteiger partial charge >= 0.3 is 51.4 Å². The Bertz CT molecular complexity index is 1340. The van der Waals surface area contributed by atoms with Crippen molar-refractivity contribution in [3.63, 3.8) is 0 Å². The maximum absolute atomic E-state index is 6.24. The zero-order valence-electron chi connectivity index (χ0n) is 18.8. The molecule has 7 heteroatoms. The first kappa shape index (κ1) is 23.7. The number of aryl methyl sites for hydroxylation is 1. The molecule has 0 aliphatic carbocycles. The van der Waals surface area contributed by atoms with Crippen LogP contribution in [0.15, 0.2) is 78.9 Å². The number of ether oxygens (including phenoxy) is 1. The van der Waals surface area contributed by atoms with Gasteiger partial charge in [0.25, 0.3) is 0 Å². The van der Waals surface area contributed by atoms with Crippen LogP contribution in [0, 0.1) is 0 Å². The second-order valence-electron chi connectivity index (χ2n) is 7.61. The Morgan fingerprint density at radius 1 is 0.879 bits per heavy atom. The van der Waals surface area contributed by atoms with E-state index in [0.29, 0.717) is 12.4 Å². The number of tetrazole rings is 1. The van der Waals surface area contributed by atoms with Crippen LogP contribution in [0.1, 0.15) is 24.6 Å². The summed E-state index contributed by atoms with van der Waals surface area (Å²) in [6, 6.07) is 26.5. The Morgan fingerprint density at radius 2 is 1.64 bits per heavy atom. The predicted molar refractivity (Wildman–Crippen MR) is 124 cm³/mol. The van der Waals surface area contributed by atoms with Gasteiger partial charge in [-0.05, 0) is 40.8 Å². The summed E-state index contributed by atoms with van der Waals surface area (Å²) < 4.78 is 6.24. The largest absolute Gasteiger partial charge is 1.00 e. The van der Waals surface area contributed by atoms with Gasteiger partial charge in [0, 0.05) is 23.0 Å². The molecular formula is C26H22KN5O. The fourth-order valence-electron chi connectivity index (χ4n) is 3.82. The first-order valence-corrected chi connectivity index (χ1v) is 10.7. The summed E-state index contributed by atoms with van der Waals surface area (Å²) in [5.41, 5.74) is 6.16. The Kier molecular flexibility index (Phi) is 8.00. The summed E-state index contributed by atoms with van der Waals surface area (Å²) in [7, 11) is 0. The number of hydrogen-bond acceptors (Lipinski definition) is 5. The monoisotopic (exact) mass is 459 g/mol. The average molecular weight is 460 g/mol. The number of pyridine rings is 1. The van der Waals surface area contributed by atoms with Crippen LogP contribution in [0.5, 0.6) is 5.75 Å². The molecule has 0 aliphatic rings. The average Bonchev–Trinajstić information content (AvgIpc) is 3.38. The molecule has 0 fully saturated rings. The number of rotatable bonds is 7. The van der Waals surface area contributed by atoms with Crippen LogP contribution in [0.4, 0.5) is 0 Å². The van der Waals surface area contributed by atoms with Gasteiger partial charge in [-0.25, -0.2) is 0 Å². The molecule has 0 amide bonds. The first-order chi connectivity index (χ1) is 15.8. The number of benzene rings is 3. The van der Waals surface area contributed by atoms with E-state index >= 15 is 0 Å². The standard InChI is InChI=1S/C26H22N5O.K/c1-2-7-20-16-25(23-10-5-6-11-24(23)27-20)32-17-18-12-14-19(15-13-18)21-8-3-4-9-22(21)26-28-30-31-29-26;/h3-6,8-16H,2,7,17H2,1H3;/q-1;+1. The van der Waals surface area contributed by atoms with Gasteiger partial charge in [0.1, 0.15) is 12.4 Å². The van der Waals surface area contributed by atoms with E-state index in [-0.39, 0.29) is 51.4 Å². The zero-order chi connectivity index (χ0) is 21.8. The van der Waals surface area contributed by atoms with Gasteiger partial charge in [0.05, 0.1) is 5.52 Å². The van der Waals surface area contributed by atoms with E-state index in [1.54, 1.807) is 0 Å². The normalized spacial score (nSPS) is 10.7. The van der Waals surface area contributed by atoms with Crippen molar-refractivity contribution in [2.75, 3.05) is 0 Å². The van der Waals surface area contributed by atoms with Gasteiger partial charge in [-0.15, -0.1) is 0 Å². The molecule has 0 saturated heterocycles. The molecule has 6 nitrogen and oxygen atoms in total. The number of hydrogen-bond donors (Lipinski definition) is 0. The van der Waals surface area contributed by atoms with E-state index in [9.17, 15) is 0 Å². The molecule has 0 bridgehead atoms. The molecule has 0 aliphatic heterocycles. The van der Waals surface area contributed by atoms with Crippen molar-refractivity contribution >= 4 is 10.9 Å². The first-order valence-electron chi connectivity index (χ1n) is 10.7. The smallest absolute Gasteiger partial charge is 0.488 e. The number of aromatic nitrogens is 5. The zero-order valence-corrected chi connectivity index (χ0v) is 21.9. The van der Waals surface area contributed by atoms with Gasteiger partial charge in [-0.2, -0.15) is 5.21 Å². The molecule has 2 aromatic heterocycles. The minimum absolute atomic E-state index is 0. The van der Waals surface area contributed by atoms with Crippen LogP contribution in [0.3, 0.4) is 0 Å². The number of nitrogens with zero attached hydrogens (tertiary/aromatic N) is 5. The van der Waals surface area contributed by atoms with Gasteiger partial charge < -0.3 is 9.84 Å². The van der Waals surface area contributed by atoms with Crippen LogP contribution in [-0.4, -0.2) is 20.5 Å². The summed E-state index contributed by atoms with van der Waals surface area (Å²) in [5.74, 6) is 1.40. The minimum atomic E-state index is 0. The molecule has 2 heterocycles. The third-order valence-corrected chi connectivity index (χ3v) is 5.38. The van der Waals surface area contributed by atoms with Crippen LogP contribution in [0.25, 0.3) is 33.4 Å². The Balaban J connectivity index is 0.00000259. The van der Waals surface area contributed by atoms with E-state index in [4.69, 9.17) is 9.72 Å². The summed E-state index contributed by atoms with van der Waals surface area (Å²) in [5, 5.41) is 16.3. The molecule has 0 unspecified atom stereocenters. The Morgan fingerprint density at radius 3 is 2.39 bits per heavy atom. The molecule has 5 aromatic rings. The molecule has 0 N–H and O–H groups in total. The van der Waals surface area contributed by atoms with Crippen molar-refractivity contribution in [3.8, 4) is 28.3 Å². The van der Waals surface area contributed by atoms with E-state index in [1.165, 1.54) is 0 Å². The minimum Gasteiger partial charge on any atom is -0.488 e. The summed E-state index contributed by atoms with van der Waals surface area (Å²) in [4.78, 5) is 4.76. The van der Waals surface area contributed by atoms with Gasteiger partial charge in [0.15, 0.2) is 0 Å². The molecule has 0 radical (unpaired) electrons. The molecule has 0 spiro atoms. The second-order valence-corrected chi connectivity index (χ2v) is 7.61. The molecule has 3 aromatic carbocycles. The van der Waals surface area contributed by atoms with Crippen molar-refractivity contribution in [1.82, 2.24) is 25.6 Å². The third kappa shape index (κ3) is 5.39. The summed E-state index contributed by atoms with van der Waals surface area (Å²) >= 11 is 0. The molecule has 158 valence electrons. The number of fused-ring (bicyclic) bond motifs is 1. The quantitative estimate of drug-likeness (QED) is 0.348. The van der Waals surface area contributed by atoms with Crippen LogP contribution >= 0.6 is 0 Å². The van der Waals surface area contributed by atoms with E-state index in [2.05, 4.69) is 70.0 Å². The van der Waals surface area contributed by atoms with Crippen LogP contribution in [-0.2, 0) is 13.0 Å². The van der Waals surface area contributed by atoms with E-state index in [0.717, 1.165) is 57.4 Å². The topological polar surface area (TPSA) is 74.9 Å². The van der Waals surface area contributed by atoms with Crippen LogP contribution < -0.4 is 61.2 Å². The van der Waals surface area contributed by atoms with Crippen molar-refractivity contribution in [2.45, 2.75) is 26.4 Å². The summed E-state index contributed by atoms with van der Waals surface area (Å²) in [6.45, 7) is 2.65. The predicted octanol–water partition coefficient (Wildman–Crippen LogP) is 2.25. The van der Waals surface area contributed by atoms with E-state index in [1.807, 2.05) is 36.4 Å². The van der Waals surface area contributed by atoms with Gasteiger partial charge in [0.2, 0.25) is 0 Å². The number of para-hydroxylation sites is 1. The van der Waals surface area contributed by atoms with Crippen molar-refractivity contribution in [2.24, 2.45) is 0 Å². The maximum Gasteiger partial charge on any atom is 1.00 e. The molecular weight excluding hydrogens is 437 g/mol. The SMILES string of the molecule is CCCc1cc(OCc2ccc(-c3ccccc3-c3nnn[n-]3)cc2)c2ccccc2n1.[K+]. The maximum atomic E-state index is 6.24. The molecule has 0 saturated carbocycles. The van der Waals surface area contributed by atoms with Gasteiger partial charge in [-0.1, -0.05) is 74.0 Å². The van der Waals surface area contributed by atoms with Crippen molar-refractivity contribution < 1.29 is 56.1 Å². The summed E-state index contributed by atoms with van der Waals surface area (Å²) in [6.07, 6.45) is 1.99. The Hall–Kier alpha value is -2.42. The molecule has 33 heavy (non-hydrogen) atoms. The third-order valence-electron chi connectivity index (χ3n) is 5.38.